The highest BCUT2D eigenvalue weighted by Gasteiger charge is 2.30. The van der Waals surface area contributed by atoms with E-state index in [9.17, 15) is 18.5 Å². The molecule has 2 heterocycles. The van der Waals surface area contributed by atoms with E-state index in [2.05, 4.69) is 16.8 Å². The molecule has 2 aromatic carbocycles. The maximum atomic E-state index is 13.1. The predicted octanol–water partition coefficient (Wildman–Crippen LogP) is 4.01. The molecule has 0 saturated carbocycles. The third kappa shape index (κ3) is 5.44. The minimum absolute atomic E-state index is 0.0473. The average molecular weight is 516 g/mol. The van der Waals surface area contributed by atoms with Crippen molar-refractivity contribution < 1.29 is 13.3 Å². The maximum Gasteiger partial charge on any atom is 0.269 e. The Balaban J connectivity index is 1.56. The molecule has 0 atom stereocenters. The van der Waals surface area contributed by atoms with Crippen molar-refractivity contribution in [2.45, 2.75) is 31.6 Å². The van der Waals surface area contributed by atoms with E-state index in [1.165, 1.54) is 28.6 Å². The molecular formula is C24H26ClN5O4S. The summed E-state index contributed by atoms with van der Waals surface area (Å²) in [6, 6.07) is 12.7. The van der Waals surface area contributed by atoms with Gasteiger partial charge >= 0.3 is 0 Å². The minimum atomic E-state index is -3.76. The van der Waals surface area contributed by atoms with Gasteiger partial charge in [0.2, 0.25) is 10.0 Å². The minimum Gasteiger partial charge on any atom is -0.354 e. The largest absolute Gasteiger partial charge is 0.354 e. The molecule has 184 valence electrons. The van der Waals surface area contributed by atoms with Gasteiger partial charge in [0.1, 0.15) is 11.6 Å². The highest BCUT2D eigenvalue weighted by Crippen LogP contribution is 2.28. The number of aryl methyl sites for hydroxylation is 2. The van der Waals surface area contributed by atoms with E-state index in [0.29, 0.717) is 30.4 Å². The molecule has 0 radical (unpaired) electrons. The molecule has 11 heteroatoms. The summed E-state index contributed by atoms with van der Waals surface area (Å²) in [4.78, 5) is 21.9. The molecule has 0 spiro atoms. The van der Waals surface area contributed by atoms with E-state index in [4.69, 9.17) is 16.6 Å². The first-order valence-electron chi connectivity index (χ1n) is 11.3. The molecule has 0 aliphatic carbocycles. The van der Waals surface area contributed by atoms with Crippen LogP contribution in [0.15, 0.2) is 53.4 Å². The second-order valence-electron chi connectivity index (χ2n) is 8.32. The van der Waals surface area contributed by atoms with E-state index < -0.39 is 14.9 Å². The molecule has 1 aliphatic rings. The number of nitrogens with zero attached hydrogens (tertiary/aromatic N) is 5. The van der Waals surface area contributed by atoms with Crippen molar-refractivity contribution >= 4 is 33.1 Å². The molecule has 1 aliphatic heterocycles. The average Bonchev–Trinajstić information content (AvgIpc) is 2.86. The zero-order chi connectivity index (χ0) is 25.2. The van der Waals surface area contributed by atoms with Crippen LogP contribution in [0, 0.1) is 17.0 Å². The molecule has 0 unspecified atom stereocenters. The lowest BCUT2D eigenvalue weighted by Gasteiger charge is -2.36. The number of hydrogen-bond donors (Lipinski definition) is 0. The van der Waals surface area contributed by atoms with Crippen molar-refractivity contribution in [1.29, 1.82) is 0 Å². The Morgan fingerprint density at radius 1 is 1.00 bits per heavy atom. The summed E-state index contributed by atoms with van der Waals surface area (Å²) in [5.41, 5.74) is 2.96. The monoisotopic (exact) mass is 515 g/mol. The van der Waals surface area contributed by atoms with Crippen molar-refractivity contribution in [3.05, 3.63) is 86.3 Å². The summed E-state index contributed by atoms with van der Waals surface area (Å²) in [5, 5.41) is 11.6. The van der Waals surface area contributed by atoms with Gasteiger partial charge in [0.25, 0.3) is 5.69 Å². The van der Waals surface area contributed by atoms with E-state index in [1.807, 2.05) is 31.2 Å². The van der Waals surface area contributed by atoms with Gasteiger partial charge in [-0.05, 0) is 43.2 Å². The Bertz CT molecular complexity index is 1320. The van der Waals surface area contributed by atoms with Crippen molar-refractivity contribution in [1.82, 2.24) is 14.3 Å². The Morgan fingerprint density at radius 3 is 2.20 bits per heavy atom. The third-order valence-electron chi connectivity index (χ3n) is 6.04. The second kappa shape index (κ2) is 10.3. The van der Waals surface area contributed by atoms with Gasteiger partial charge in [-0.15, -0.1) is 0 Å². The number of aromatic nitrogens is 2. The zero-order valence-corrected chi connectivity index (χ0v) is 21.1. The van der Waals surface area contributed by atoms with Gasteiger partial charge < -0.3 is 4.90 Å². The molecule has 1 saturated heterocycles. The van der Waals surface area contributed by atoms with E-state index in [0.717, 1.165) is 29.1 Å². The quantitative estimate of drug-likeness (QED) is 0.345. The van der Waals surface area contributed by atoms with Crippen LogP contribution in [0.5, 0.6) is 0 Å². The first-order valence-corrected chi connectivity index (χ1v) is 13.1. The summed E-state index contributed by atoms with van der Waals surface area (Å²) in [5.74, 6) is 1.51. The van der Waals surface area contributed by atoms with Crippen LogP contribution >= 0.6 is 11.6 Å². The highest BCUT2D eigenvalue weighted by atomic mass is 35.5. The third-order valence-corrected chi connectivity index (χ3v) is 8.20. The van der Waals surface area contributed by atoms with Crippen LogP contribution in [0.4, 0.5) is 11.5 Å². The van der Waals surface area contributed by atoms with Crippen molar-refractivity contribution in [3.8, 4) is 0 Å². The SMILES string of the molecule is CCc1nc(C)nc(N2CCN(S(=O)(=O)c3ccc([N+](=O)[O-])cc3)CC2)c1Cc1ccc(Cl)cc1. The van der Waals surface area contributed by atoms with Gasteiger partial charge in [0.05, 0.1) is 9.82 Å². The van der Waals surface area contributed by atoms with Crippen LogP contribution in [0.25, 0.3) is 0 Å². The van der Waals surface area contributed by atoms with Gasteiger partial charge in [-0.1, -0.05) is 30.7 Å². The fourth-order valence-corrected chi connectivity index (χ4v) is 5.76. The van der Waals surface area contributed by atoms with Crippen LogP contribution in [0.2, 0.25) is 5.02 Å². The molecule has 1 aromatic heterocycles. The van der Waals surface area contributed by atoms with Crippen LogP contribution in [0.3, 0.4) is 0 Å². The molecular weight excluding hydrogens is 490 g/mol. The van der Waals surface area contributed by atoms with Crippen molar-refractivity contribution in [2.75, 3.05) is 31.1 Å². The number of benzene rings is 2. The second-order valence-corrected chi connectivity index (χ2v) is 10.7. The Kier molecular flexibility index (Phi) is 7.34. The van der Waals surface area contributed by atoms with Gasteiger partial charge in [-0.3, -0.25) is 10.1 Å². The highest BCUT2D eigenvalue weighted by molar-refractivity contribution is 7.89. The molecule has 3 aromatic rings. The number of anilines is 1. The number of hydrogen-bond acceptors (Lipinski definition) is 7. The Morgan fingerprint density at radius 2 is 1.63 bits per heavy atom. The lowest BCUT2D eigenvalue weighted by atomic mass is 10.0. The normalized spacial score (nSPS) is 14.8. The van der Waals surface area contributed by atoms with Crippen LogP contribution in [0.1, 0.15) is 29.6 Å². The number of nitro benzene ring substituents is 1. The molecule has 1 fully saturated rings. The molecule has 4 rings (SSSR count). The number of rotatable bonds is 7. The van der Waals surface area contributed by atoms with Gasteiger partial charge in [-0.2, -0.15) is 4.31 Å². The first kappa shape index (κ1) is 25.0. The van der Waals surface area contributed by atoms with E-state index in [1.54, 1.807) is 0 Å². The Hall–Kier alpha value is -3.08. The molecule has 9 nitrogen and oxygen atoms in total. The summed E-state index contributed by atoms with van der Waals surface area (Å²) in [6.45, 7) is 5.43. The number of nitro groups is 1. The summed E-state index contributed by atoms with van der Waals surface area (Å²) in [6.07, 6.45) is 1.41. The molecule has 0 N–H and O–H groups in total. The van der Waals surface area contributed by atoms with E-state index >= 15 is 0 Å². The molecule has 0 bridgehead atoms. The van der Waals surface area contributed by atoms with Crippen molar-refractivity contribution in [3.63, 3.8) is 0 Å². The number of non-ortho nitro benzene ring substituents is 1. The van der Waals surface area contributed by atoms with Crippen molar-refractivity contribution in [2.24, 2.45) is 0 Å². The number of halogens is 1. The fraction of sp³-hybridized carbons (Fsp3) is 0.333. The van der Waals surface area contributed by atoms with Gasteiger partial charge in [0, 0.05) is 61.0 Å². The van der Waals surface area contributed by atoms with Crippen LogP contribution < -0.4 is 4.90 Å². The Labute approximate surface area is 209 Å². The first-order chi connectivity index (χ1) is 16.7. The van der Waals surface area contributed by atoms with Gasteiger partial charge in [-0.25, -0.2) is 18.4 Å². The van der Waals surface area contributed by atoms with E-state index in [-0.39, 0.29) is 23.7 Å². The summed E-state index contributed by atoms with van der Waals surface area (Å²) in [7, 11) is -3.76. The number of piperazine rings is 1. The van der Waals surface area contributed by atoms with Crippen LogP contribution in [-0.2, 0) is 22.9 Å². The number of sulfonamides is 1. The predicted molar refractivity (Wildman–Crippen MR) is 134 cm³/mol. The van der Waals surface area contributed by atoms with Gasteiger partial charge in [0.15, 0.2) is 0 Å². The fourth-order valence-electron chi connectivity index (χ4n) is 4.21. The lowest BCUT2D eigenvalue weighted by molar-refractivity contribution is -0.384. The lowest BCUT2D eigenvalue weighted by Crippen LogP contribution is -2.49. The maximum absolute atomic E-state index is 13.1. The smallest absolute Gasteiger partial charge is 0.269 e. The summed E-state index contributed by atoms with van der Waals surface area (Å²) >= 11 is 6.05. The standard InChI is InChI=1S/C24H26ClN5O4S/c1-3-23-22(16-18-4-6-19(25)7-5-18)24(27-17(2)26-23)28-12-14-29(15-13-28)35(33,34)21-10-8-20(9-11-21)30(31)32/h4-11H,3,12-16H2,1-2H3. The summed E-state index contributed by atoms with van der Waals surface area (Å²) < 4.78 is 27.6. The topological polar surface area (TPSA) is 110 Å². The van der Waals surface area contributed by atoms with Crippen LogP contribution in [-0.4, -0.2) is 53.8 Å². The zero-order valence-electron chi connectivity index (χ0n) is 19.5. The molecule has 35 heavy (non-hydrogen) atoms. The molecule has 0 amide bonds.